The monoisotopic (exact) mass is 410 g/mol. The molecule has 0 aliphatic carbocycles. The van der Waals surface area contributed by atoms with Crippen molar-refractivity contribution in [1.82, 2.24) is 14.7 Å². The first-order valence-electron chi connectivity index (χ1n) is 8.70. The largest absolute Gasteiger partial charge is 0.401 e. The molecule has 2 rings (SSSR count). The van der Waals surface area contributed by atoms with Crippen LogP contribution < -0.4 is 15.7 Å². The molecule has 0 aliphatic rings. The molecule has 0 aliphatic heterocycles. The third kappa shape index (κ3) is 5.67. The lowest BCUT2D eigenvalue weighted by Crippen LogP contribution is -2.31. The third-order valence-electron chi connectivity index (χ3n) is 3.86. The van der Waals surface area contributed by atoms with E-state index < -0.39 is 26.7 Å². The average molecular weight is 410 g/mol. The number of nitrogens with one attached hydrogen (secondary N) is 2. The van der Waals surface area contributed by atoms with Crippen LogP contribution in [0.2, 0.25) is 0 Å². The first kappa shape index (κ1) is 21.6. The second kappa shape index (κ2) is 9.02. The number of carbonyl (C=O) groups excluding carboxylic acids is 2. The number of anilines is 1. The van der Waals surface area contributed by atoms with Gasteiger partial charge in [0.05, 0.1) is 11.4 Å². The van der Waals surface area contributed by atoms with Crippen LogP contribution in [0.3, 0.4) is 0 Å². The third-order valence-corrected chi connectivity index (χ3v) is 5.70. The summed E-state index contributed by atoms with van der Waals surface area (Å²) in [5, 5.41) is 2.06. The lowest BCUT2D eigenvalue weighted by Gasteiger charge is -2.09. The molecule has 2 aromatic heterocycles. The van der Waals surface area contributed by atoms with Gasteiger partial charge in [0, 0.05) is 13.0 Å². The molecule has 0 atom stereocenters. The Morgan fingerprint density at radius 3 is 2.61 bits per heavy atom. The second-order valence-corrected chi connectivity index (χ2v) is 8.76. The maximum Gasteiger partial charge on any atom is 0.348 e. The zero-order chi connectivity index (χ0) is 20.9. The summed E-state index contributed by atoms with van der Waals surface area (Å²) in [5.41, 5.74) is -0.801. The van der Waals surface area contributed by atoms with E-state index in [1.165, 1.54) is 19.2 Å². The number of hydrogen-bond donors (Lipinski definition) is 2. The Morgan fingerprint density at radius 2 is 1.96 bits per heavy atom. The van der Waals surface area contributed by atoms with Gasteiger partial charge in [0.25, 0.3) is 0 Å². The van der Waals surface area contributed by atoms with Crippen molar-refractivity contribution < 1.29 is 22.4 Å². The van der Waals surface area contributed by atoms with E-state index >= 15 is 0 Å². The molecule has 1 amide bonds. The summed E-state index contributed by atoms with van der Waals surface area (Å²) in [5.74, 6) is -0.620. The Labute approximate surface area is 161 Å². The molecule has 0 saturated carbocycles. The molecule has 152 valence electrons. The van der Waals surface area contributed by atoms with Crippen LogP contribution in [0.4, 0.5) is 5.82 Å². The lowest BCUT2D eigenvalue weighted by atomic mass is 10.2. The van der Waals surface area contributed by atoms with Gasteiger partial charge in [-0.15, -0.1) is 0 Å². The number of fused-ring (bicyclic) bond motifs is 1. The number of amides is 1. The van der Waals surface area contributed by atoms with Gasteiger partial charge in [0.1, 0.15) is 11.1 Å². The van der Waals surface area contributed by atoms with Crippen LogP contribution in [0, 0.1) is 0 Å². The predicted octanol–water partition coefficient (Wildman–Crippen LogP) is 1.22. The standard InChI is InChI=1S/C17H22N4O6S/c1-10(2)28(25,26)19-7-5-4-6-15(23)21-14-9-18-16-13(20-14)8-12(11(3)22)17(24)27-16/h8-10,19H,4-7H2,1-3H3,(H,20,21,23). The Morgan fingerprint density at radius 1 is 1.25 bits per heavy atom. The van der Waals surface area contributed by atoms with E-state index in [9.17, 15) is 22.8 Å². The van der Waals surface area contributed by atoms with Crippen LogP contribution in [0.5, 0.6) is 0 Å². The smallest absolute Gasteiger partial charge is 0.348 e. The predicted molar refractivity (Wildman–Crippen MR) is 103 cm³/mol. The molecule has 11 heteroatoms. The summed E-state index contributed by atoms with van der Waals surface area (Å²) >= 11 is 0. The van der Waals surface area contributed by atoms with Crippen molar-refractivity contribution in [3.63, 3.8) is 0 Å². The van der Waals surface area contributed by atoms with Crippen molar-refractivity contribution in [3.8, 4) is 0 Å². The molecule has 28 heavy (non-hydrogen) atoms. The van der Waals surface area contributed by atoms with E-state index in [0.717, 1.165) is 0 Å². The van der Waals surface area contributed by atoms with Gasteiger partial charge in [-0.2, -0.15) is 0 Å². The van der Waals surface area contributed by atoms with E-state index in [1.54, 1.807) is 13.8 Å². The van der Waals surface area contributed by atoms with Gasteiger partial charge in [-0.25, -0.2) is 27.9 Å². The average Bonchev–Trinajstić information content (AvgIpc) is 2.60. The Balaban J connectivity index is 1.91. The summed E-state index contributed by atoms with van der Waals surface area (Å²) in [6, 6.07) is 1.27. The number of ketones is 1. The number of aromatic nitrogens is 2. The number of unbranched alkanes of at least 4 members (excludes halogenated alkanes) is 1. The number of hydrogen-bond acceptors (Lipinski definition) is 8. The quantitative estimate of drug-likeness (QED) is 0.463. The number of carbonyl (C=O) groups is 2. The van der Waals surface area contributed by atoms with Gasteiger partial charge in [-0.3, -0.25) is 9.59 Å². The highest BCUT2D eigenvalue weighted by Crippen LogP contribution is 2.12. The van der Waals surface area contributed by atoms with Crippen molar-refractivity contribution in [2.24, 2.45) is 0 Å². The van der Waals surface area contributed by atoms with Gasteiger partial charge in [0.2, 0.25) is 21.6 Å². The molecule has 0 unspecified atom stereocenters. The fraction of sp³-hybridized carbons (Fsp3) is 0.471. The van der Waals surface area contributed by atoms with E-state index in [0.29, 0.717) is 12.8 Å². The maximum absolute atomic E-state index is 12.0. The Bertz CT molecular complexity index is 1050. The van der Waals surface area contributed by atoms with Crippen molar-refractivity contribution >= 4 is 38.8 Å². The Kier molecular flexibility index (Phi) is 6.97. The minimum atomic E-state index is -3.30. The summed E-state index contributed by atoms with van der Waals surface area (Å²) in [7, 11) is -3.30. The highest BCUT2D eigenvalue weighted by atomic mass is 32.2. The molecule has 0 radical (unpaired) electrons. The zero-order valence-corrected chi connectivity index (χ0v) is 16.6. The summed E-state index contributed by atoms with van der Waals surface area (Å²) in [6.45, 7) is 4.67. The van der Waals surface area contributed by atoms with Crippen LogP contribution >= 0.6 is 0 Å². The van der Waals surface area contributed by atoms with Crippen LogP contribution in [0.15, 0.2) is 21.5 Å². The van der Waals surface area contributed by atoms with Crippen LogP contribution in [-0.4, -0.2) is 41.9 Å². The maximum atomic E-state index is 12.0. The molecular formula is C17H22N4O6S. The van der Waals surface area contributed by atoms with E-state index in [1.807, 2.05) is 0 Å². The molecule has 0 saturated heterocycles. The van der Waals surface area contributed by atoms with Crippen LogP contribution in [-0.2, 0) is 14.8 Å². The number of nitrogens with zero attached hydrogens (tertiary/aromatic N) is 2. The highest BCUT2D eigenvalue weighted by Gasteiger charge is 2.15. The fourth-order valence-electron chi connectivity index (χ4n) is 2.21. The number of Topliss-reactive ketones (excluding diaryl/α,β-unsaturated/α-hetero) is 1. The Hall–Kier alpha value is -2.66. The molecule has 2 N–H and O–H groups in total. The SMILES string of the molecule is CC(=O)c1cc2nc(NC(=O)CCCCNS(=O)(=O)C(C)C)cnc2oc1=O. The van der Waals surface area contributed by atoms with Crippen LogP contribution in [0.1, 0.15) is 50.4 Å². The summed E-state index contributed by atoms with van der Waals surface area (Å²) in [6.07, 6.45) is 2.41. The molecular weight excluding hydrogens is 388 g/mol. The normalized spacial score (nSPS) is 11.7. The molecule has 0 spiro atoms. The summed E-state index contributed by atoms with van der Waals surface area (Å²) < 4.78 is 30.6. The minimum absolute atomic E-state index is 0.0366. The molecule has 10 nitrogen and oxygen atoms in total. The van der Waals surface area contributed by atoms with E-state index in [-0.39, 0.29) is 41.5 Å². The zero-order valence-electron chi connectivity index (χ0n) is 15.8. The molecule has 0 bridgehead atoms. The van der Waals surface area contributed by atoms with Crippen molar-refractivity contribution in [1.29, 1.82) is 0 Å². The molecule has 0 fully saturated rings. The van der Waals surface area contributed by atoms with Crippen molar-refractivity contribution in [2.45, 2.75) is 45.3 Å². The number of rotatable bonds is 9. The van der Waals surface area contributed by atoms with E-state index in [4.69, 9.17) is 4.42 Å². The van der Waals surface area contributed by atoms with Crippen molar-refractivity contribution in [2.75, 3.05) is 11.9 Å². The number of sulfonamides is 1. The topological polar surface area (TPSA) is 148 Å². The summed E-state index contributed by atoms with van der Waals surface area (Å²) in [4.78, 5) is 43.1. The van der Waals surface area contributed by atoms with Gasteiger partial charge in [0.15, 0.2) is 11.6 Å². The minimum Gasteiger partial charge on any atom is -0.401 e. The first-order chi connectivity index (χ1) is 13.1. The van der Waals surface area contributed by atoms with Gasteiger partial charge in [-0.1, -0.05) is 0 Å². The van der Waals surface area contributed by atoms with Crippen LogP contribution in [0.25, 0.3) is 11.2 Å². The second-order valence-electron chi connectivity index (χ2n) is 6.44. The lowest BCUT2D eigenvalue weighted by molar-refractivity contribution is -0.116. The molecule has 2 aromatic rings. The van der Waals surface area contributed by atoms with Gasteiger partial charge in [-0.05, 0) is 39.7 Å². The highest BCUT2D eigenvalue weighted by molar-refractivity contribution is 7.90. The fourth-order valence-corrected chi connectivity index (χ4v) is 2.97. The van der Waals surface area contributed by atoms with Crippen molar-refractivity contribution in [3.05, 3.63) is 28.2 Å². The van der Waals surface area contributed by atoms with Gasteiger partial charge >= 0.3 is 5.63 Å². The first-order valence-corrected chi connectivity index (χ1v) is 10.2. The molecule has 0 aromatic carbocycles. The molecule has 2 heterocycles. The van der Waals surface area contributed by atoms with Gasteiger partial charge < -0.3 is 9.73 Å². The van der Waals surface area contributed by atoms with E-state index in [2.05, 4.69) is 20.0 Å².